The summed E-state index contributed by atoms with van der Waals surface area (Å²) < 4.78 is 38.8. The van der Waals surface area contributed by atoms with Gasteiger partial charge in [0.1, 0.15) is 6.54 Å². The van der Waals surface area contributed by atoms with Crippen molar-refractivity contribution < 1.29 is 18.0 Å². The average Bonchev–Trinajstić information content (AvgIpc) is 2.87. The molecule has 0 bridgehead atoms. The normalized spacial score (nSPS) is 18.8. The number of aryl methyl sites for hydroxylation is 1. The van der Waals surface area contributed by atoms with Gasteiger partial charge in [-0.05, 0) is 47.5 Å². The van der Waals surface area contributed by atoms with Crippen LogP contribution in [0.3, 0.4) is 0 Å². The molecule has 2 rings (SSSR count). The first-order valence-electron chi connectivity index (χ1n) is 8.11. The Labute approximate surface area is 140 Å². The summed E-state index contributed by atoms with van der Waals surface area (Å²) in [6, 6.07) is -0.594. The molecular formula is C16H25F3N4O. The Balaban J connectivity index is 2.15. The van der Waals surface area contributed by atoms with Gasteiger partial charge in [-0.1, -0.05) is 0 Å². The number of urea groups is 1. The van der Waals surface area contributed by atoms with Crippen LogP contribution in [0.2, 0.25) is 0 Å². The Morgan fingerprint density at radius 2 is 2.00 bits per heavy atom. The largest absolute Gasteiger partial charge is 0.408 e. The Kier molecular flexibility index (Phi) is 4.88. The van der Waals surface area contributed by atoms with Crippen LogP contribution in [0.1, 0.15) is 56.6 Å². The number of aromatic nitrogens is 2. The highest BCUT2D eigenvalue weighted by atomic mass is 19.4. The van der Waals surface area contributed by atoms with E-state index in [4.69, 9.17) is 0 Å². The van der Waals surface area contributed by atoms with Crippen molar-refractivity contribution >= 4 is 6.03 Å². The van der Waals surface area contributed by atoms with Gasteiger partial charge in [0.05, 0.1) is 11.7 Å². The molecular weight excluding hydrogens is 321 g/mol. The molecule has 136 valence electrons. The summed E-state index contributed by atoms with van der Waals surface area (Å²) in [5.41, 5.74) is 1.38. The third-order valence-electron chi connectivity index (χ3n) is 4.69. The summed E-state index contributed by atoms with van der Waals surface area (Å²) in [6.07, 6.45) is -2.43. The van der Waals surface area contributed by atoms with E-state index < -0.39 is 18.8 Å². The van der Waals surface area contributed by atoms with E-state index in [9.17, 15) is 18.0 Å². The highest BCUT2D eigenvalue weighted by molar-refractivity contribution is 5.76. The van der Waals surface area contributed by atoms with Crippen molar-refractivity contribution in [2.24, 2.45) is 0 Å². The maximum atomic E-state index is 12.6. The number of carbonyl (C=O) groups is 1. The fourth-order valence-corrected chi connectivity index (χ4v) is 3.48. The second-order valence-corrected chi connectivity index (χ2v) is 7.10. The summed E-state index contributed by atoms with van der Waals surface area (Å²) >= 11 is 0. The van der Waals surface area contributed by atoms with Gasteiger partial charge in [-0.2, -0.15) is 18.3 Å². The van der Waals surface area contributed by atoms with Crippen LogP contribution < -0.4 is 5.32 Å². The van der Waals surface area contributed by atoms with E-state index in [-0.39, 0.29) is 11.6 Å². The van der Waals surface area contributed by atoms with Crippen molar-refractivity contribution in [3.05, 3.63) is 17.0 Å². The number of rotatable bonds is 3. The third-order valence-corrected chi connectivity index (χ3v) is 4.69. The lowest BCUT2D eigenvalue weighted by atomic mass is 10.0. The summed E-state index contributed by atoms with van der Waals surface area (Å²) in [5.74, 6) is 0. The first-order chi connectivity index (χ1) is 10.9. The second-order valence-electron chi connectivity index (χ2n) is 7.10. The lowest BCUT2D eigenvalue weighted by Crippen LogP contribution is -2.48. The molecule has 24 heavy (non-hydrogen) atoms. The van der Waals surface area contributed by atoms with Crippen LogP contribution in [0.5, 0.6) is 0 Å². The predicted octanol–water partition coefficient (Wildman–Crippen LogP) is 3.71. The molecule has 0 radical (unpaired) electrons. The predicted molar refractivity (Wildman–Crippen MR) is 84.7 cm³/mol. The molecule has 1 aromatic rings. The van der Waals surface area contributed by atoms with E-state index in [0.29, 0.717) is 23.5 Å². The van der Waals surface area contributed by atoms with Crippen LogP contribution in [0.25, 0.3) is 0 Å². The summed E-state index contributed by atoms with van der Waals surface area (Å²) in [4.78, 5) is 14.3. The number of hydrogen-bond donors (Lipinski definition) is 1. The Hall–Kier alpha value is -1.73. The van der Waals surface area contributed by atoms with Crippen LogP contribution in [-0.2, 0) is 6.54 Å². The fraction of sp³-hybridized carbons (Fsp3) is 0.750. The SMILES string of the molecule is Cc1nn(CC(F)(F)F)c(C)c1[C@H](C)NC(=O)N1CCCC1(C)C. The standard InChI is InChI=1S/C16H25F3N4O/c1-10(20-14(24)22-8-6-7-15(22,4)5)13-11(2)21-23(12(13)3)9-16(17,18)19/h10H,6-9H2,1-5H3,(H,20,24)/t10-/m0/s1. The van der Waals surface area contributed by atoms with Gasteiger partial charge in [-0.25, -0.2) is 4.79 Å². The monoisotopic (exact) mass is 346 g/mol. The molecule has 2 amide bonds. The van der Waals surface area contributed by atoms with Gasteiger partial charge in [0, 0.05) is 23.3 Å². The van der Waals surface area contributed by atoms with E-state index in [1.54, 1.807) is 25.7 Å². The minimum absolute atomic E-state index is 0.188. The first kappa shape index (κ1) is 18.6. The van der Waals surface area contributed by atoms with Gasteiger partial charge in [0.25, 0.3) is 0 Å². The molecule has 0 unspecified atom stereocenters. The van der Waals surface area contributed by atoms with Crippen molar-refractivity contribution in [3.8, 4) is 0 Å². The molecule has 1 aliphatic heterocycles. The van der Waals surface area contributed by atoms with Crippen LogP contribution in [0.4, 0.5) is 18.0 Å². The summed E-state index contributed by atoms with van der Waals surface area (Å²) in [6.45, 7) is 8.64. The zero-order chi connectivity index (χ0) is 18.3. The molecule has 5 nitrogen and oxygen atoms in total. The molecule has 1 saturated heterocycles. The van der Waals surface area contributed by atoms with Gasteiger partial charge in [0.15, 0.2) is 0 Å². The molecule has 1 atom stereocenters. The molecule has 8 heteroatoms. The average molecular weight is 346 g/mol. The van der Waals surface area contributed by atoms with Gasteiger partial charge in [-0.15, -0.1) is 0 Å². The van der Waals surface area contributed by atoms with E-state index in [0.717, 1.165) is 17.5 Å². The molecule has 2 heterocycles. The van der Waals surface area contributed by atoms with Gasteiger partial charge in [0.2, 0.25) is 0 Å². The van der Waals surface area contributed by atoms with Gasteiger partial charge in [-0.3, -0.25) is 4.68 Å². The van der Waals surface area contributed by atoms with Crippen LogP contribution in [-0.4, -0.2) is 39.0 Å². The van der Waals surface area contributed by atoms with Crippen molar-refractivity contribution in [3.63, 3.8) is 0 Å². The zero-order valence-electron chi connectivity index (χ0n) is 14.8. The van der Waals surface area contributed by atoms with Crippen molar-refractivity contribution in [2.75, 3.05) is 6.54 Å². The van der Waals surface area contributed by atoms with E-state index >= 15 is 0 Å². The molecule has 1 fully saturated rings. The van der Waals surface area contributed by atoms with E-state index in [1.807, 2.05) is 13.8 Å². The van der Waals surface area contributed by atoms with Crippen LogP contribution in [0, 0.1) is 13.8 Å². The van der Waals surface area contributed by atoms with Crippen molar-refractivity contribution in [1.82, 2.24) is 20.0 Å². The smallest absolute Gasteiger partial charge is 0.331 e. The molecule has 1 N–H and O–H groups in total. The number of likely N-dealkylation sites (tertiary alicyclic amines) is 1. The Morgan fingerprint density at radius 3 is 2.50 bits per heavy atom. The molecule has 1 aromatic heterocycles. The number of halogens is 3. The number of nitrogens with zero attached hydrogens (tertiary/aromatic N) is 3. The minimum Gasteiger partial charge on any atom is -0.331 e. The minimum atomic E-state index is -4.33. The number of nitrogens with one attached hydrogen (secondary N) is 1. The van der Waals surface area contributed by atoms with Crippen LogP contribution >= 0.6 is 0 Å². The Bertz CT molecular complexity index is 622. The fourth-order valence-electron chi connectivity index (χ4n) is 3.48. The zero-order valence-corrected chi connectivity index (χ0v) is 14.8. The quantitative estimate of drug-likeness (QED) is 0.907. The summed E-state index contributed by atoms with van der Waals surface area (Å²) in [7, 11) is 0. The molecule has 1 aliphatic rings. The van der Waals surface area contributed by atoms with E-state index in [1.165, 1.54) is 0 Å². The molecule has 0 aromatic carbocycles. The molecule has 0 spiro atoms. The van der Waals surface area contributed by atoms with Gasteiger partial charge < -0.3 is 10.2 Å². The topological polar surface area (TPSA) is 50.2 Å². The van der Waals surface area contributed by atoms with Crippen molar-refractivity contribution in [1.29, 1.82) is 0 Å². The number of carbonyl (C=O) groups excluding carboxylic acids is 1. The van der Waals surface area contributed by atoms with Gasteiger partial charge >= 0.3 is 12.2 Å². The maximum Gasteiger partial charge on any atom is 0.408 e. The highest BCUT2D eigenvalue weighted by Crippen LogP contribution is 2.29. The van der Waals surface area contributed by atoms with E-state index in [2.05, 4.69) is 10.4 Å². The van der Waals surface area contributed by atoms with Crippen LogP contribution in [0.15, 0.2) is 0 Å². The summed E-state index contributed by atoms with van der Waals surface area (Å²) in [5, 5.41) is 6.89. The lowest BCUT2D eigenvalue weighted by Gasteiger charge is -2.32. The number of alkyl halides is 3. The van der Waals surface area contributed by atoms with Crippen molar-refractivity contribution in [2.45, 2.75) is 71.8 Å². The first-order valence-corrected chi connectivity index (χ1v) is 8.11. The number of amides is 2. The second kappa shape index (κ2) is 6.29. The maximum absolute atomic E-state index is 12.6. The Morgan fingerprint density at radius 1 is 1.38 bits per heavy atom. The lowest BCUT2D eigenvalue weighted by molar-refractivity contribution is -0.143. The highest BCUT2D eigenvalue weighted by Gasteiger charge is 2.36. The number of hydrogen-bond acceptors (Lipinski definition) is 2. The molecule has 0 aliphatic carbocycles. The third kappa shape index (κ3) is 3.84. The molecule has 0 saturated carbocycles.